The Morgan fingerprint density at radius 1 is 1.30 bits per heavy atom. The van der Waals surface area contributed by atoms with Crippen LogP contribution >= 0.6 is 0 Å². The number of carbonyl (C=O) groups is 2. The Kier molecular flexibility index (Phi) is 4.26. The van der Waals surface area contributed by atoms with Crippen LogP contribution < -0.4 is 0 Å². The van der Waals surface area contributed by atoms with Crippen molar-refractivity contribution in [3.63, 3.8) is 0 Å². The zero-order valence-corrected chi connectivity index (χ0v) is 17.4. The number of carbonyl (C=O) groups excluding carboxylic acids is 2. The summed E-state index contributed by atoms with van der Waals surface area (Å²) >= 11 is 0. The monoisotopic (exact) mass is 374 g/mol. The van der Waals surface area contributed by atoms with E-state index in [1.165, 1.54) is 0 Å². The zero-order chi connectivity index (χ0) is 19.7. The second kappa shape index (κ2) is 6.07. The van der Waals surface area contributed by atoms with Gasteiger partial charge in [-0.15, -0.1) is 0 Å². The van der Waals surface area contributed by atoms with E-state index in [1.54, 1.807) is 4.90 Å². The third-order valence-corrected chi connectivity index (χ3v) is 8.69. The molecule has 2 amide bonds. The molecule has 0 bridgehead atoms. The molecule has 2 saturated carbocycles. The molecule has 0 spiro atoms. The van der Waals surface area contributed by atoms with E-state index in [0.29, 0.717) is 24.7 Å². The highest BCUT2D eigenvalue weighted by Crippen LogP contribution is 2.66. The largest absolute Gasteiger partial charge is 0.393 e. The fourth-order valence-corrected chi connectivity index (χ4v) is 7.43. The van der Waals surface area contributed by atoms with Crippen LogP contribution in [0.1, 0.15) is 52.4 Å². The molecular formula is C22H34N2O3. The van der Waals surface area contributed by atoms with Crippen molar-refractivity contribution in [3.05, 3.63) is 11.8 Å². The standard InChI is InChI=1S/C22H34N2O3/c1-21-11-10-18(26)24(5)17(21)9-6-13-14-7-8-15(20(27)23(3)4)22(14,2)12-16(25)19(13)21/h9,13-16,19,25H,6-8,10-12H2,1-5H3/t13?,14?,15-,16+,19?,21+,22+/m1/s1. The summed E-state index contributed by atoms with van der Waals surface area (Å²) in [5, 5.41) is 11.4. The van der Waals surface area contributed by atoms with E-state index in [2.05, 4.69) is 19.9 Å². The first-order valence-corrected chi connectivity index (χ1v) is 10.5. The Morgan fingerprint density at radius 3 is 2.67 bits per heavy atom. The van der Waals surface area contributed by atoms with Crippen LogP contribution in [0.3, 0.4) is 0 Å². The minimum Gasteiger partial charge on any atom is -0.393 e. The smallest absolute Gasteiger partial charge is 0.226 e. The molecule has 5 heteroatoms. The fourth-order valence-electron chi connectivity index (χ4n) is 7.43. The summed E-state index contributed by atoms with van der Waals surface area (Å²) < 4.78 is 0. The molecule has 0 radical (unpaired) electrons. The van der Waals surface area contributed by atoms with Gasteiger partial charge >= 0.3 is 0 Å². The molecule has 27 heavy (non-hydrogen) atoms. The van der Waals surface area contributed by atoms with Crippen molar-refractivity contribution >= 4 is 11.8 Å². The van der Waals surface area contributed by atoms with Gasteiger partial charge in [-0.3, -0.25) is 9.59 Å². The lowest BCUT2D eigenvalue weighted by Gasteiger charge is -2.60. The summed E-state index contributed by atoms with van der Waals surface area (Å²) in [6.07, 6.45) is 6.84. The van der Waals surface area contributed by atoms with Crippen molar-refractivity contribution in [1.82, 2.24) is 9.80 Å². The predicted octanol–water partition coefficient (Wildman–Crippen LogP) is 2.65. The number of aliphatic hydroxyl groups excluding tert-OH is 1. The lowest BCUT2D eigenvalue weighted by atomic mass is 9.48. The maximum absolute atomic E-state index is 12.8. The van der Waals surface area contributed by atoms with Crippen LogP contribution in [0.2, 0.25) is 0 Å². The summed E-state index contributed by atoms with van der Waals surface area (Å²) in [6.45, 7) is 4.50. The van der Waals surface area contributed by atoms with Gasteiger partial charge in [-0.2, -0.15) is 0 Å². The summed E-state index contributed by atoms with van der Waals surface area (Å²) in [4.78, 5) is 28.6. The number of hydrogen-bond acceptors (Lipinski definition) is 3. The number of rotatable bonds is 1. The lowest BCUT2D eigenvalue weighted by Crippen LogP contribution is -2.59. The van der Waals surface area contributed by atoms with E-state index in [4.69, 9.17) is 0 Å². The summed E-state index contributed by atoms with van der Waals surface area (Å²) in [5.41, 5.74) is 0.845. The van der Waals surface area contributed by atoms with Crippen molar-refractivity contribution < 1.29 is 14.7 Å². The first kappa shape index (κ1) is 19.0. The van der Waals surface area contributed by atoms with Gasteiger partial charge in [-0.25, -0.2) is 0 Å². The van der Waals surface area contributed by atoms with Crippen LogP contribution in [0.5, 0.6) is 0 Å². The van der Waals surface area contributed by atoms with E-state index < -0.39 is 6.10 Å². The van der Waals surface area contributed by atoms with Gasteiger partial charge < -0.3 is 14.9 Å². The number of amides is 2. The van der Waals surface area contributed by atoms with Gasteiger partial charge in [0, 0.05) is 44.6 Å². The average Bonchev–Trinajstić information content (AvgIpc) is 2.94. The molecule has 3 aliphatic carbocycles. The Labute approximate surface area is 162 Å². The summed E-state index contributed by atoms with van der Waals surface area (Å²) in [6, 6.07) is 0. The molecule has 5 nitrogen and oxygen atoms in total. The third kappa shape index (κ3) is 2.46. The first-order valence-electron chi connectivity index (χ1n) is 10.5. The Hall–Kier alpha value is -1.36. The molecule has 1 heterocycles. The van der Waals surface area contributed by atoms with Crippen molar-refractivity contribution in [3.8, 4) is 0 Å². The Balaban J connectivity index is 1.71. The van der Waals surface area contributed by atoms with Gasteiger partial charge in [0.05, 0.1) is 6.10 Å². The van der Waals surface area contributed by atoms with Crippen molar-refractivity contribution in [2.75, 3.05) is 21.1 Å². The number of fused-ring (bicyclic) bond motifs is 5. The van der Waals surface area contributed by atoms with Gasteiger partial charge in [-0.1, -0.05) is 19.9 Å². The Morgan fingerprint density at radius 2 is 2.00 bits per heavy atom. The van der Waals surface area contributed by atoms with Crippen LogP contribution in [0.15, 0.2) is 11.8 Å². The average molecular weight is 375 g/mol. The highest BCUT2D eigenvalue weighted by Gasteiger charge is 2.63. The number of piperidine rings is 1. The number of allylic oxidation sites excluding steroid dienone is 2. The van der Waals surface area contributed by atoms with E-state index >= 15 is 0 Å². The van der Waals surface area contributed by atoms with Crippen LogP contribution in [-0.4, -0.2) is 54.0 Å². The number of nitrogens with zero attached hydrogens (tertiary/aromatic N) is 2. The normalized spacial score (nSPS) is 46.3. The minimum atomic E-state index is -0.415. The summed E-state index contributed by atoms with van der Waals surface area (Å²) in [7, 11) is 5.56. The molecule has 0 aromatic heterocycles. The number of hydrogen-bond donors (Lipinski definition) is 1. The fraction of sp³-hybridized carbons (Fsp3) is 0.818. The van der Waals surface area contributed by atoms with Crippen molar-refractivity contribution in [1.29, 1.82) is 0 Å². The molecule has 0 aromatic carbocycles. The van der Waals surface area contributed by atoms with Gasteiger partial charge in [0.2, 0.25) is 11.8 Å². The maximum Gasteiger partial charge on any atom is 0.226 e. The van der Waals surface area contributed by atoms with E-state index in [1.807, 2.05) is 26.0 Å². The first-order chi connectivity index (χ1) is 12.6. The predicted molar refractivity (Wildman–Crippen MR) is 103 cm³/mol. The van der Waals surface area contributed by atoms with Crippen LogP contribution in [-0.2, 0) is 9.59 Å². The highest BCUT2D eigenvalue weighted by atomic mass is 16.3. The second-order valence-corrected chi connectivity index (χ2v) is 10.1. The summed E-state index contributed by atoms with van der Waals surface area (Å²) in [5.74, 6) is 1.46. The van der Waals surface area contributed by atoms with Crippen LogP contribution in [0.4, 0.5) is 0 Å². The van der Waals surface area contributed by atoms with Gasteiger partial charge in [-0.05, 0) is 55.3 Å². The maximum atomic E-state index is 12.8. The van der Waals surface area contributed by atoms with E-state index in [-0.39, 0.29) is 34.5 Å². The van der Waals surface area contributed by atoms with Gasteiger partial charge in [0.1, 0.15) is 0 Å². The highest BCUT2D eigenvalue weighted by molar-refractivity contribution is 5.80. The topological polar surface area (TPSA) is 60.9 Å². The molecule has 1 N–H and O–H groups in total. The Bertz CT molecular complexity index is 702. The van der Waals surface area contributed by atoms with E-state index in [0.717, 1.165) is 31.4 Å². The SMILES string of the molecule is CN(C)C(=O)[C@H]1CCC2C3CC=C4N(C)C(=O)CC[C@]4(C)C3[C@@H](O)C[C@@]21C. The molecule has 1 aliphatic heterocycles. The molecule has 3 fully saturated rings. The molecule has 4 aliphatic rings. The van der Waals surface area contributed by atoms with Crippen molar-refractivity contribution in [2.45, 2.75) is 58.5 Å². The van der Waals surface area contributed by atoms with Crippen molar-refractivity contribution in [2.24, 2.45) is 34.5 Å². The number of likely N-dealkylation sites (tertiary alicyclic amines) is 1. The molecule has 4 rings (SSSR count). The molecule has 3 unspecified atom stereocenters. The molecule has 150 valence electrons. The molecule has 0 aromatic rings. The zero-order valence-electron chi connectivity index (χ0n) is 17.4. The van der Waals surface area contributed by atoms with Gasteiger partial charge in [0.15, 0.2) is 0 Å². The van der Waals surface area contributed by atoms with E-state index in [9.17, 15) is 14.7 Å². The quantitative estimate of drug-likeness (QED) is 0.768. The molecule has 1 saturated heterocycles. The lowest BCUT2D eigenvalue weighted by molar-refractivity contribution is -0.155. The molecule has 7 atom stereocenters. The molecular weight excluding hydrogens is 340 g/mol. The van der Waals surface area contributed by atoms with Crippen LogP contribution in [0, 0.1) is 34.5 Å². The minimum absolute atomic E-state index is 0.0156. The van der Waals surface area contributed by atoms with Crippen LogP contribution in [0.25, 0.3) is 0 Å². The third-order valence-electron chi connectivity index (χ3n) is 8.69. The van der Waals surface area contributed by atoms with Gasteiger partial charge in [0.25, 0.3) is 0 Å². The second-order valence-electron chi connectivity index (χ2n) is 10.1. The number of aliphatic hydroxyl groups is 1.